The van der Waals surface area contributed by atoms with E-state index < -0.39 is 11.8 Å². The van der Waals surface area contributed by atoms with Crippen LogP contribution in [-0.4, -0.2) is 11.6 Å². The first-order valence-electron chi connectivity index (χ1n) is 18.6. The van der Waals surface area contributed by atoms with Crippen LogP contribution in [0.15, 0.2) is 182 Å². The summed E-state index contributed by atoms with van der Waals surface area (Å²) in [5, 5.41) is 6.72. The van der Waals surface area contributed by atoms with Crippen molar-refractivity contribution in [1.29, 1.82) is 0 Å². The van der Waals surface area contributed by atoms with E-state index in [9.17, 15) is 9.59 Å². The number of carbonyl (C=O) groups excluding carboxylic acids is 2. The molecule has 2 bridgehead atoms. The molecule has 252 valence electrons. The highest BCUT2D eigenvalue weighted by molar-refractivity contribution is 6.46. The molecule has 9 aromatic rings. The van der Waals surface area contributed by atoms with Gasteiger partial charge in [0.1, 0.15) is 0 Å². The normalized spacial score (nSPS) is 15.9. The van der Waals surface area contributed by atoms with Gasteiger partial charge >= 0.3 is 0 Å². The molecule has 0 aromatic heterocycles. The fourth-order valence-corrected chi connectivity index (χ4v) is 9.63. The number of fused-ring (bicyclic) bond motifs is 4. The molecular weight excluding hydrogens is 657 g/mol. The van der Waals surface area contributed by atoms with Gasteiger partial charge in [-0.3, -0.25) is 9.59 Å². The maximum absolute atomic E-state index is 14.6. The molecule has 0 N–H and O–H groups in total. The Morgan fingerprint density at radius 2 is 0.648 bits per heavy atom. The van der Waals surface area contributed by atoms with Gasteiger partial charge in [-0.2, -0.15) is 0 Å². The first-order chi connectivity index (χ1) is 26.7. The Morgan fingerprint density at radius 3 is 1.07 bits per heavy atom. The molecule has 3 aliphatic carbocycles. The molecule has 54 heavy (non-hydrogen) atoms. The first kappa shape index (κ1) is 30.7. The summed E-state index contributed by atoms with van der Waals surface area (Å²) in [6, 6.07) is 63.8. The van der Waals surface area contributed by atoms with E-state index in [4.69, 9.17) is 0 Å². The molecule has 0 amide bonds. The van der Waals surface area contributed by atoms with Gasteiger partial charge < -0.3 is 0 Å². The molecule has 0 heterocycles. The van der Waals surface area contributed by atoms with Crippen molar-refractivity contribution >= 4 is 43.9 Å². The van der Waals surface area contributed by atoms with Crippen molar-refractivity contribution in [3.63, 3.8) is 0 Å². The largest absolute Gasteiger partial charge is 0.290 e. The van der Waals surface area contributed by atoms with Crippen molar-refractivity contribution in [2.24, 2.45) is 0 Å². The molecule has 2 nitrogen and oxygen atoms in total. The monoisotopic (exact) mass is 688 g/mol. The van der Waals surface area contributed by atoms with Crippen LogP contribution in [-0.2, 0) is 9.59 Å². The van der Waals surface area contributed by atoms with Gasteiger partial charge in [0.2, 0.25) is 11.6 Å². The molecular formula is C52H32O2. The van der Waals surface area contributed by atoms with E-state index >= 15 is 0 Å². The molecule has 0 spiro atoms. The van der Waals surface area contributed by atoms with E-state index in [1.54, 1.807) is 0 Å². The number of benzene rings is 9. The number of ketones is 2. The fourth-order valence-electron chi connectivity index (χ4n) is 9.63. The lowest BCUT2D eigenvalue weighted by atomic mass is 9.58. The standard InChI is InChI=1S/C52H32O2/c53-51-47-39-25-13-14-26-40(39)48(52(51)54)50-46(42-30-28-32-16-8-10-22-36(32)44(42)34-19-5-2-6-20-34)38-24-12-11-23-37(38)45(49(47)50)41-29-27-31-15-7-9-21-35(31)43(41)33-17-3-1-4-18-33/h1-30,47-48H. The molecule has 0 saturated heterocycles. The Kier molecular flexibility index (Phi) is 6.72. The maximum Gasteiger partial charge on any atom is 0.211 e. The molecule has 2 heteroatoms. The van der Waals surface area contributed by atoms with Crippen molar-refractivity contribution in [2.45, 2.75) is 11.8 Å². The topological polar surface area (TPSA) is 34.1 Å². The van der Waals surface area contributed by atoms with E-state index in [1.165, 1.54) is 0 Å². The van der Waals surface area contributed by atoms with Gasteiger partial charge in [0.15, 0.2) is 0 Å². The number of carbonyl (C=O) groups is 2. The highest BCUT2D eigenvalue weighted by Gasteiger charge is 2.51. The van der Waals surface area contributed by atoms with Crippen molar-refractivity contribution in [1.82, 2.24) is 0 Å². The van der Waals surface area contributed by atoms with Crippen LogP contribution in [0.2, 0.25) is 0 Å². The number of Topliss-reactive ketones (excluding diaryl/α,β-unsaturated/α-hetero) is 2. The summed E-state index contributed by atoms with van der Waals surface area (Å²) in [5.41, 5.74) is 12.4. The lowest BCUT2D eigenvalue weighted by molar-refractivity contribution is -0.138. The second-order valence-corrected chi connectivity index (χ2v) is 14.5. The Balaban J connectivity index is 1.37. The molecule has 0 radical (unpaired) electrons. The van der Waals surface area contributed by atoms with Gasteiger partial charge in [0.05, 0.1) is 11.8 Å². The number of rotatable bonds is 4. The van der Waals surface area contributed by atoms with Crippen molar-refractivity contribution < 1.29 is 9.59 Å². The zero-order valence-electron chi connectivity index (χ0n) is 29.3. The van der Waals surface area contributed by atoms with Crippen molar-refractivity contribution in [2.75, 3.05) is 0 Å². The van der Waals surface area contributed by atoms with Crippen LogP contribution in [0.1, 0.15) is 34.1 Å². The first-order valence-corrected chi connectivity index (χ1v) is 18.6. The smallest absolute Gasteiger partial charge is 0.211 e. The van der Waals surface area contributed by atoms with Gasteiger partial charge in [-0.05, 0) is 99.1 Å². The SMILES string of the molecule is O=C1C(=O)C2c3ccccc3C1c1c2c(-c2ccc3ccccc3c2-c2ccccc2)c2ccccc2c1-c1ccc2ccccc2c1-c1ccccc1. The van der Waals surface area contributed by atoms with Gasteiger partial charge in [0, 0.05) is 0 Å². The molecule has 0 fully saturated rings. The average molecular weight is 689 g/mol. The number of hydrogen-bond acceptors (Lipinski definition) is 2. The molecule has 12 rings (SSSR count). The predicted octanol–water partition coefficient (Wildman–Crippen LogP) is 12.5. The van der Waals surface area contributed by atoms with E-state index in [-0.39, 0.29) is 11.6 Å². The highest BCUT2D eigenvalue weighted by Crippen LogP contribution is 2.59. The van der Waals surface area contributed by atoms with Crippen LogP contribution in [0.3, 0.4) is 0 Å². The Bertz CT molecular complexity index is 2820. The predicted molar refractivity (Wildman–Crippen MR) is 221 cm³/mol. The van der Waals surface area contributed by atoms with Crippen molar-refractivity contribution in [3.8, 4) is 44.5 Å². The van der Waals surface area contributed by atoms with Crippen LogP contribution in [0, 0.1) is 0 Å². The third-order valence-corrected chi connectivity index (χ3v) is 11.8. The van der Waals surface area contributed by atoms with E-state index in [1.807, 2.05) is 12.1 Å². The summed E-state index contributed by atoms with van der Waals surface area (Å²) < 4.78 is 0. The Labute approximate surface area is 313 Å². The minimum Gasteiger partial charge on any atom is -0.290 e. The van der Waals surface area contributed by atoms with E-state index in [0.717, 1.165) is 99.1 Å². The zero-order valence-corrected chi connectivity index (χ0v) is 29.3. The second-order valence-electron chi connectivity index (χ2n) is 14.5. The minimum absolute atomic E-state index is 0.322. The lowest BCUT2D eigenvalue weighted by Gasteiger charge is -2.41. The Hall–Kier alpha value is -6.90. The van der Waals surface area contributed by atoms with Gasteiger partial charge in [-0.1, -0.05) is 182 Å². The van der Waals surface area contributed by atoms with Crippen LogP contribution < -0.4 is 0 Å². The zero-order chi connectivity index (χ0) is 35.9. The average Bonchev–Trinajstić information content (AvgIpc) is 3.24. The van der Waals surface area contributed by atoms with Crippen LogP contribution >= 0.6 is 0 Å². The maximum atomic E-state index is 14.6. The summed E-state index contributed by atoms with van der Waals surface area (Å²) in [6.45, 7) is 0. The molecule has 3 aliphatic rings. The van der Waals surface area contributed by atoms with E-state index in [2.05, 4.69) is 170 Å². The molecule has 2 atom stereocenters. The summed E-state index contributed by atoms with van der Waals surface area (Å²) in [4.78, 5) is 29.1. The summed E-state index contributed by atoms with van der Waals surface area (Å²) in [6.07, 6.45) is 0. The third-order valence-electron chi connectivity index (χ3n) is 11.8. The molecule has 0 aliphatic heterocycles. The van der Waals surface area contributed by atoms with Gasteiger partial charge in [0.25, 0.3) is 0 Å². The van der Waals surface area contributed by atoms with Crippen molar-refractivity contribution in [3.05, 3.63) is 204 Å². The molecule has 2 unspecified atom stereocenters. The second kappa shape index (κ2) is 11.8. The highest BCUT2D eigenvalue weighted by atomic mass is 16.2. The third kappa shape index (κ3) is 4.28. The van der Waals surface area contributed by atoms with Crippen LogP contribution in [0.5, 0.6) is 0 Å². The fraction of sp³-hybridized carbons (Fsp3) is 0.0385. The van der Waals surface area contributed by atoms with Gasteiger partial charge in [-0.15, -0.1) is 0 Å². The lowest BCUT2D eigenvalue weighted by Crippen LogP contribution is -2.41. The number of hydrogen-bond donors (Lipinski definition) is 0. The summed E-state index contributed by atoms with van der Waals surface area (Å²) in [5.74, 6) is -2.08. The van der Waals surface area contributed by atoms with Crippen LogP contribution in [0.4, 0.5) is 0 Å². The summed E-state index contributed by atoms with van der Waals surface area (Å²) >= 11 is 0. The Morgan fingerprint density at radius 1 is 0.296 bits per heavy atom. The molecule has 0 saturated carbocycles. The quantitative estimate of drug-likeness (QED) is 0.173. The van der Waals surface area contributed by atoms with Crippen LogP contribution in [0.25, 0.3) is 76.8 Å². The van der Waals surface area contributed by atoms with Gasteiger partial charge in [-0.25, -0.2) is 0 Å². The minimum atomic E-state index is -0.720. The molecule has 9 aromatic carbocycles. The van der Waals surface area contributed by atoms with E-state index in [0.29, 0.717) is 0 Å². The summed E-state index contributed by atoms with van der Waals surface area (Å²) in [7, 11) is 0.